The summed E-state index contributed by atoms with van der Waals surface area (Å²) in [5.41, 5.74) is 2.66. The molecule has 0 aromatic carbocycles. The van der Waals surface area contributed by atoms with Crippen molar-refractivity contribution in [3.8, 4) is 0 Å². The molecule has 2 heterocycles. The Kier molecular flexibility index (Phi) is 3.54. The molecule has 2 rings (SSSR count). The minimum absolute atomic E-state index is 0.645. The van der Waals surface area contributed by atoms with E-state index in [4.69, 9.17) is 0 Å². The summed E-state index contributed by atoms with van der Waals surface area (Å²) in [5, 5.41) is 14.4. The fraction of sp³-hybridized carbons (Fsp3) is 0.385. The van der Waals surface area contributed by atoms with Crippen molar-refractivity contribution in [3.63, 3.8) is 0 Å². The smallest absolute Gasteiger partial charge is 0.109 e. The molecule has 0 aliphatic heterocycles. The van der Waals surface area contributed by atoms with Crippen LogP contribution < -0.4 is 0 Å². The van der Waals surface area contributed by atoms with E-state index < -0.39 is 6.10 Å². The van der Waals surface area contributed by atoms with Crippen LogP contribution in [0.5, 0.6) is 0 Å². The number of rotatable bonds is 4. The first-order valence-electron chi connectivity index (χ1n) is 5.82. The van der Waals surface area contributed by atoms with Crippen molar-refractivity contribution in [2.45, 2.75) is 32.9 Å². The lowest BCUT2D eigenvalue weighted by molar-refractivity contribution is 0.219. The zero-order valence-corrected chi connectivity index (χ0v) is 10.2. The molecule has 17 heavy (non-hydrogen) atoms. The van der Waals surface area contributed by atoms with Gasteiger partial charge in [0, 0.05) is 36.3 Å². The molecule has 0 bridgehead atoms. The number of aliphatic hydroxyl groups is 1. The average molecular weight is 231 g/mol. The predicted octanol–water partition coefficient (Wildman–Crippen LogP) is 2.08. The van der Waals surface area contributed by atoms with Crippen LogP contribution >= 0.6 is 0 Å². The highest BCUT2D eigenvalue weighted by Gasteiger charge is 2.12. The third kappa shape index (κ3) is 2.71. The number of aromatic nitrogens is 3. The first-order chi connectivity index (χ1) is 8.20. The molecule has 2 aromatic rings. The van der Waals surface area contributed by atoms with Crippen molar-refractivity contribution in [3.05, 3.63) is 47.5 Å². The fourth-order valence-electron chi connectivity index (χ4n) is 1.79. The van der Waals surface area contributed by atoms with E-state index in [0.29, 0.717) is 0 Å². The Labute approximate surface area is 101 Å². The largest absolute Gasteiger partial charge is 0.383 e. The van der Waals surface area contributed by atoms with Crippen molar-refractivity contribution >= 4 is 0 Å². The summed E-state index contributed by atoms with van der Waals surface area (Å²) in [7, 11) is 0. The molecule has 2 aromatic heterocycles. The maximum absolute atomic E-state index is 10.2. The van der Waals surface area contributed by atoms with E-state index in [2.05, 4.69) is 17.0 Å². The molecule has 4 heteroatoms. The Morgan fingerprint density at radius 3 is 2.82 bits per heavy atom. The van der Waals surface area contributed by atoms with Gasteiger partial charge in [0.15, 0.2) is 0 Å². The van der Waals surface area contributed by atoms with Crippen molar-refractivity contribution in [1.29, 1.82) is 0 Å². The van der Waals surface area contributed by atoms with E-state index in [0.717, 1.165) is 29.7 Å². The molecular weight excluding hydrogens is 214 g/mol. The lowest BCUT2D eigenvalue weighted by atomic mass is 10.1. The third-order valence-electron chi connectivity index (χ3n) is 2.63. The van der Waals surface area contributed by atoms with E-state index in [1.807, 2.05) is 23.9 Å². The Bertz CT molecular complexity index is 493. The van der Waals surface area contributed by atoms with Crippen LogP contribution in [0.1, 0.15) is 36.1 Å². The van der Waals surface area contributed by atoms with Crippen molar-refractivity contribution in [2.75, 3.05) is 0 Å². The van der Waals surface area contributed by atoms with Gasteiger partial charge in [0.25, 0.3) is 0 Å². The summed E-state index contributed by atoms with van der Waals surface area (Å²) in [6, 6.07) is 1.94. The summed E-state index contributed by atoms with van der Waals surface area (Å²) < 4.78 is 1.85. The number of pyridine rings is 1. The van der Waals surface area contributed by atoms with Gasteiger partial charge >= 0.3 is 0 Å². The van der Waals surface area contributed by atoms with Crippen LogP contribution in [-0.4, -0.2) is 19.9 Å². The highest BCUT2D eigenvalue weighted by Crippen LogP contribution is 2.21. The van der Waals surface area contributed by atoms with Crippen LogP contribution in [0.3, 0.4) is 0 Å². The molecule has 0 aliphatic rings. The number of aliphatic hydroxyl groups excluding tert-OH is 1. The molecular formula is C13H17N3O. The fourth-order valence-corrected chi connectivity index (χ4v) is 1.79. The molecule has 90 valence electrons. The minimum Gasteiger partial charge on any atom is -0.383 e. The highest BCUT2D eigenvalue weighted by molar-refractivity contribution is 5.27. The van der Waals surface area contributed by atoms with E-state index in [-0.39, 0.29) is 0 Å². The number of hydrogen-bond donors (Lipinski definition) is 1. The summed E-state index contributed by atoms with van der Waals surface area (Å²) in [4.78, 5) is 4.09. The monoisotopic (exact) mass is 231 g/mol. The Morgan fingerprint density at radius 2 is 2.12 bits per heavy atom. The summed E-state index contributed by atoms with van der Waals surface area (Å²) in [5.74, 6) is 0. The van der Waals surface area contributed by atoms with Crippen molar-refractivity contribution in [1.82, 2.24) is 14.8 Å². The Balaban J connectivity index is 2.21. The standard InChI is InChI=1S/C13H17N3O/c1-3-4-16-9-12(8-15-16)13(17)11-5-10(2)6-14-7-11/h5-9,13,17H,3-4H2,1-2H3. The van der Waals surface area contributed by atoms with Gasteiger partial charge in [-0.05, 0) is 18.9 Å². The zero-order valence-electron chi connectivity index (χ0n) is 10.2. The van der Waals surface area contributed by atoms with Gasteiger partial charge in [-0.25, -0.2) is 0 Å². The second-order valence-corrected chi connectivity index (χ2v) is 4.23. The van der Waals surface area contributed by atoms with Gasteiger partial charge in [-0.15, -0.1) is 0 Å². The van der Waals surface area contributed by atoms with Crippen molar-refractivity contribution in [2.24, 2.45) is 0 Å². The van der Waals surface area contributed by atoms with Crippen LogP contribution in [-0.2, 0) is 6.54 Å². The second-order valence-electron chi connectivity index (χ2n) is 4.23. The van der Waals surface area contributed by atoms with Crippen LogP contribution in [0.15, 0.2) is 30.9 Å². The average Bonchev–Trinajstić information content (AvgIpc) is 2.77. The molecule has 0 amide bonds. The Morgan fingerprint density at radius 1 is 1.29 bits per heavy atom. The third-order valence-corrected chi connectivity index (χ3v) is 2.63. The second kappa shape index (κ2) is 5.10. The molecule has 0 spiro atoms. The van der Waals surface area contributed by atoms with Gasteiger partial charge < -0.3 is 5.11 Å². The van der Waals surface area contributed by atoms with Crippen LogP contribution in [0, 0.1) is 6.92 Å². The van der Waals surface area contributed by atoms with Crippen LogP contribution in [0.4, 0.5) is 0 Å². The minimum atomic E-state index is -0.645. The maximum Gasteiger partial charge on any atom is 0.109 e. The van der Waals surface area contributed by atoms with Crippen LogP contribution in [0.25, 0.3) is 0 Å². The van der Waals surface area contributed by atoms with Gasteiger partial charge in [-0.3, -0.25) is 9.67 Å². The van der Waals surface area contributed by atoms with E-state index in [1.165, 1.54) is 0 Å². The molecule has 1 N–H and O–H groups in total. The number of aryl methyl sites for hydroxylation is 2. The molecule has 0 fully saturated rings. The summed E-state index contributed by atoms with van der Waals surface area (Å²) >= 11 is 0. The molecule has 0 saturated heterocycles. The van der Waals surface area contributed by atoms with Gasteiger partial charge in [-0.2, -0.15) is 5.10 Å². The predicted molar refractivity (Wildman–Crippen MR) is 65.6 cm³/mol. The molecule has 4 nitrogen and oxygen atoms in total. The zero-order chi connectivity index (χ0) is 12.3. The quantitative estimate of drug-likeness (QED) is 0.876. The molecule has 0 aliphatic carbocycles. The van der Waals surface area contributed by atoms with Gasteiger partial charge in [0.1, 0.15) is 6.10 Å². The lowest BCUT2D eigenvalue weighted by Gasteiger charge is -2.08. The van der Waals surface area contributed by atoms with E-state index in [1.54, 1.807) is 18.6 Å². The first-order valence-corrected chi connectivity index (χ1v) is 5.82. The number of nitrogens with zero attached hydrogens (tertiary/aromatic N) is 3. The topological polar surface area (TPSA) is 50.9 Å². The maximum atomic E-state index is 10.2. The van der Waals surface area contributed by atoms with E-state index in [9.17, 15) is 5.11 Å². The van der Waals surface area contributed by atoms with Gasteiger partial charge in [0.2, 0.25) is 0 Å². The van der Waals surface area contributed by atoms with Gasteiger partial charge in [-0.1, -0.05) is 13.0 Å². The van der Waals surface area contributed by atoms with Crippen molar-refractivity contribution < 1.29 is 5.11 Å². The normalized spacial score (nSPS) is 12.6. The summed E-state index contributed by atoms with van der Waals surface area (Å²) in [6.45, 7) is 4.94. The molecule has 1 unspecified atom stereocenters. The SMILES string of the molecule is CCCn1cc(C(O)c2cncc(C)c2)cn1. The van der Waals surface area contributed by atoms with E-state index >= 15 is 0 Å². The molecule has 0 radical (unpaired) electrons. The van der Waals surface area contributed by atoms with Gasteiger partial charge in [0.05, 0.1) is 6.20 Å². The molecule has 0 saturated carbocycles. The lowest BCUT2D eigenvalue weighted by Crippen LogP contribution is -2.00. The first kappa shape index (κ1) is 11.8. The molecule has 1 atom stereocenters. The number of hydrogen-bond acceptors (Lipinski definition) is 3. The summed E-state index contributed by atoms with van der Waals surface area (Å²) in [6.07, 6.45) is 7.45. The highest BCUT2D eigenvalue weighted by atomic mass is 16.3. The van der Waals surface area contributed by atoms with Crippen LogP contribution in [0.2, 0.25) is 0 Å². The Hall–Kier alpha value is -1.68.